The molecular weight excluding hydrogens is 448 g/mol. The Labute approximate surface area is 212 Å². The van der Waals surface area contributed by atoms with E-state index in [9.17, 15) is 9.59 Å². The molecule has 5 aliphatic carbocycles. The molecule has 36 heavy (non-hydrogen) atoms. The van der Waals surface area contributed by atoms with Crippen LogP contribution in [0.4, 0.5) is 0 Å². The highest BCUT2D eigenvalue weighted by Gasteiger charge is 2.65. The lowest BCUT2D eigenvalue weighted by atomic mass is 9.40. The molecule has 0 N–H and O–H groups in total. The van der Waals surface area contributed by atoms with Crippen molar-refractivity contribution in [3.63, 3.8) is 0 Å². The molecule has 184 valence electrons. The second kappa shape index (κ2) is 8.62. The molecule has 2 aromatic rings. The summed E-state index contributed by atoms with van der Waals surface area (Å²) in [6, 6.07) is 21.5. The van der Waals surface area contributed by atoms with Crippen molar-refractivity contribution in [2.24, 2.45) is 35.5 Å². The van der Waals surface area contributed by atoms with Crippen molar-refractivity contribution in [1.82, 2.24) is 0 Å². The van der Waals surface area contributed by atoms with Gasteiger partial charge in [0.05, 0.1) is 26.1 Å². The summed E-state index contributed by atoms with van der Waals surface area (Å²) in [4.78, 5) is 26.0. The Bertz CT molecular complexity index is 1200. The van der Waals surface area contributed by atoms with Crippen LogP contribution in [0.2, 0.25) is 0 Å². The van der Waals surface area contributed by atoms with E-state index in [0.717, 1.165) is 0 Å². The Balaban J connectivity index is 1.53. The van der Waals surface area contributed by atoms with Gasteiger partial charge in [0.15, 0.2) is 0 Å². The van der Waals surface area contributed by atoms with Crippen LogP contribution in [0.1, 0.15) is 36.8 Å². The summed E-state index contributed by atoms with van der Waals surface area (Å²) >= 11 is 0. The van der Waals surface area contributed by atoms with Crippen LogP contribution >= 0.6 is 0 Å². The van der Waals surface area contributed by atoms with Gasteiger partial charge in [-0.3, -0.25) is 9.59 Å². The zero-order valence-electron chi connectivity index (χ0n) is 21.2. The molecule has 4 nitrogen and oxygen atoms in total. The monoisotopic (exact) mass is 480 g/mol. The first-order chi connectivity index (χ1) is 17.5. The highest BCUT2D eigenvalue weighted by molar-refractivity contribution is 5.85. The molecule has 4 heteroatoms. The maximum absolute atomic E-state index is 13.0. The third kappa shape index (κ3) is 3.06. The molecule has 0 unspecified atom stereocenters. The first-order valence-corrected chi connectivity index (χ1v) is 12.8. The maximum atomic E-state index is 13.0. The van der Waals surface area contributed by atoms with Crippen LogP contribution in [0.15, 0.2) is 95.1 Å². The van der Waals surface area contributed by atoms with Crippen LogP contribution in [0.5, 0.6) is 0 Å². The molecule has 2 fully saturated rings. The molecule has 2 saturated carbocycles. The number of hydrogen-bond donors (Lipinski definition) is 0. The van der Waals surface area contributed by atoms with E-state index in [-0.39, 0.29) is 47.4 Å². The molecule has 0 spiro atoms. The van der Waals surface area contributed by atoms with Crippen molar-refractivity contribution in [2.75, 3.05) is 14.2 Å². The van der Waals surface area contributed by atoms with Crippen LogP contribution in [0.25, 0.3) is 0 Å². The normalized spacial score (nSPS) is 34.0. The minimum absolute atomic E-state index is 0.0669. The van der Waals surface area contributed by atoms with Crippen molar-refractivity contribution in [1.29, 1.82) is 0 Å². The molecule has 0 radical (unpaired) electrons. The lowest BCUT2D eigenvalue weighted by Crippen LogP contribution is -2.60. The van der Waals surface area contributed by atoms with E-state index in [0.29, 0.717) is 0 Å². The van der Waals surface area contributed by atoms with Crippen LogP contribution < -0.4 is 0 Å². The minimum atomic E-state index is -0.511. The Morgan fingerprint density at radius 3 is 1.31 bits per heavy atom. The van der Waals surface area contributed by atoms with E-state index >= 15 is 0 Å². The number of fused-ring (bicyclic) bond motifs is 2. The van der Waals surface area contributed by atoms with Crippen LogP contribution in [0.3, 0.4) is 0 Å². The van der Waals surface area contributed by atoms with Gasteiger partial charge in [0.2, 0.25) is 0 Å². The van der Waals surface area contributed by atoms with Crippen LogP contribution in [-0.4, -0.2) is 26.2 Å². The van der Waals surface area contributed by atoms with Gasteiger partial charge in [-0.1, -0.05) is 84.0 Å². The Hall–Kier alpha value is -3.40. The van der Waals surface area contributed by atoms with E-state index in [1.807, 2.05) is 0 Å². The molecule has 0 aliphatic heterocycles. The van der Waals surface area contributed by atoms with E-state index in [2.05, 4.69) is 86.7 Å². The molecule has 7 rings (SSSR count). The minimum Gasteiger partial charge on any atom is -0.469 e. The van der Waals surface area contributed by atoms with Crippen LogP contribution in [0, 0.1) is 35.5 Å². The number of carbonyl (C=O) groups excluding carboxylic acids is 2. The average molecular weight is 481 g/mol. The van der Waals surface area contributed by atoms with E-state index < -0.39 is 11.8 Å². The number of ether oxygens (including phenoxy) is 2. The van der Waals surface area contributed by atoms with Gasteiger partial charge in [0, 0.05) is 11.8 Å². The van der Waals surface area contributed by atoms with E-state index in [1.165, 1.54) is 47.6 Å². The second-order valence-corrected chi connectivity index (χ2v) is 10.7. The Kier molecular flexibility index (Phi) is 5.51. The summed E-state index contributed by atoms with van der Waals surface area (Å²) in [7, 11) is 2.83. The van der Waals surface area contributed by atoms with E-state index in [4.69, 9.17) is 9.47 Å². The highest BCUT2D eigenvalue weighted by atomic mass is 16.5. The number of methoxy groups -OCH3 is 2. The summed E-state index contributed by atoms with van der Waals surface area (Å²) in [6.07, 6.45) is 4.33. The third-order valence-corrected chi connectivity index (χ3v) is 9.32. The summed E-state index contributed by atoms with van der Waals surface area (Å²) < 4.78 is 10.4. The topological polar surface area (TPSA) is 52.6 Å². The van der Waals surface area contributed by atoms with Crippen molar-refractivity contribution in [3.8, 4) is 0 Å². The lowest BCUT2D eigenvalue weighted by molar-refractivity contribution is -0.169. The average Bonchev–Trinajstić information content (AvgIpc) is 2.90. The summed E-state index contributed by atoms with van der Waals surface area (Å²) in [5, 5.41) is 0. The first-order valence-electron chi connectivity index (χ1n) is 12.8. The first kappa shape index (κ1) is 23.0. The summed E-state index contributed by atoms with van der Waals surface area (Å²) in [5.41, 5.74) is 8.19. The lowest BCUT2D eigenvalue weighted by Gasteiger charge is -2.62. The Morgan fingerprint density at radius 1 is 0.611 bits per heavy atom. The number of carbonyl (C=O) groups is 2. The van der Waals surface area contributed by atoms with Gasteiger partial charge in [-0.2, -0.15) is 0 Å². The quantitative estimate of drug-likeness (QED) is 0.407. The molecule has 2 bridgehead atoms. The van der Waals surface area contributed by atoms with Crippen molar-refractivity contribution in [3.05, 3.63) is 106 Å². The standard InChI is InChI=1S/C32H32O4/c1-17-23(19-11-7-5-8-12-19)24(20-13-9-6-10-14-20)18(2)26-25(17)27-21-15-16-22(28(26)27)30(32(34)36-4)29(21)31(33)35-3/h5-16,21-24,27-30H,1-4H3/t21-,22-,23-,24+,27+,28+,29+,30-/m0/s1. The van der Waals surface area contributed by atoms with Gasteiger partial charge < -0.3 is 9.47 Å². The number of benzene rings is 2. The molecule has 5 aliphatic rings. The van der Waals surface area contributed by atoms with Gasteiger partial charge >= 0.3 is 11.9 Å². The molecule has 0 saturated heterocycles. The second-order valence-electron chi connectivity index (χ2n) is 10.7. The molecular formula is C32H32O4. The highest BCUT2D eigenvalue weighted by Crippen LogP contribution is 2.69. The fourth-order valence-electron chi connectivity index (χ4n) is 8.02. The van der Waals surface area contributed by atoms with Crippen molar-refractivity contribution >= 4 is 11.9 Å². The largest absolute Gasteiger partial charge is 0.469 e. The third-order valence-electron chi connectivity index (χ3n) is 9.32. The SMILES string of the molecule is COC(=O)[C@@H]1[C@H]2C=C[C@H]([C@@H]1C(=O)OC)[C@@H]1C3=C(C)[C@H](c4ccccc4)[C@H](c4ccccc4)C(C)=C3[C@@H]21. The van der Waals surface area contributed by atoms with Gasteiger partial charge in [-0.15, -0.1) is 0 Å². The van der Waals surface area contributed by atoms with E-state index in [1.54, 1.807) is 0 Å². The fraction of sp³-hybridized carbons (Fsp3) is 0.375. The summed E-state index contributed by atoms with van der Waals surface area (Å²) in [5.74, 6) is -0.884. The molecule has 0 heterocycles. The molecule has 8 atom stereocenters. The maximum Gasteiger partial charge on any atom is 0.310 e. The van der Waals surface area contributed by atoms with Crippen molar-refractivity contribution < 1.29 is 19.1 Å². The fourth-order valence-corrected chi connectivity index (χ4v) is 8.02. The predicted molar refractivity (Wildman–Crippen MR) is 138 cm³/mol. The predicted octanol–water partition coefficient (Wildman–Crippen LogP) is 5.84. The van der Waals surface area contributed by atoms with Gasteiger partial charge in [0.25, 0.3) is 0 Å². The zero-order valence-corrected chi connectivity index (χ0v) is 21.2. The zero-order chi connectivity index (χ0) is 25.1. The molecule has 0 aromatic heterocycles. The number of allylic oxidation sites excluding steroid dienone is 6. The number of rotatable bonds is 4. The van der Waals surface area contributed by atoms with Crippen LogP contribution in [-0.2, 0) is 19.1 Å². The van der Waals surface area contributed by atoms with Gasteiger partial charge in [-0.05, 0) is 59.8 Å². The van der Waals surface area contributed by atoms with Gasteiger partial charge in [-0.25, -0.2) is 0 Å². The Morgan fingerprint density at radius 2 is 0.972 bits per heavy atom. The van der Waals surface area contributed by atoms with Gasteiger partial charge in [0.1, 0.15) is 0 Å². The molecule has 0 amide bonds. The number of esters is 2. The number of hydrogen-bond acceptors (Lipinski definition) is 4. The smallest absolute Gasteiger partial charge is 0.310 e. The summed E-state index contributed by atoms with van der Waals surface area (Å²) in [6.45, 7) is 4.56. The molecule has 2 aromatic carbocycles. The van der Waals surface area contributed by atoms with Crippen molar-refractivity contribution in [2.45, 2.75) is 25.7 Å².